The maximum Gasteiger partial charge on any atom is 0.222 e. The lowest BCUT2D eigenvalue weighted by molar-refractivity contribution is -0.132. The molecule has 0 spiro atoms. The molecule has 1 saturated heterocycles. The van der Waals surface area contributed by atoms with Gasteiger partial charge in [-0.3, -0.25) is 4.79 Å². The van der Waals surface area contributed by atoms with Gasteiger partial charge in [-0.15, -0.1) is 0 Å². The Hall–Kier alpha value is -1.58. The number of anilines is 1. The zero-order valence-corrected chi connectivity index (χ0v) is 12.9. The molecule has 1 fully saturated rings. The number of likely N-dealkylation sites (tertiary alicyclic amines) is 1. The largest absolute Gasteiger partial charge is 0.382 e. The molecule has 1 aromatic carbocycles. The Morgan fingerprint density at radius 1 is 1.29 bits per heavy atom. The van der Waals surface area contributed by atoms with Gasteiger partial charge in [0.05, 0.1) is 0 Å². The van der Waals surface area contributed by atoms with Crippen LogP contribution in [0.5, 0.6) is 0 Å². The fraction of sp³-hybridized carbons (Fsp3) is 0.588. The number of carbonyl (C=O) groups is 1. The van der Waals surface area contributed by atoms with Gasteiger partial charge in [-0.1, -0.05) is 13.8 Å². The van der Waals surface area contributed by atoms with Crippen LogP contribution >= 0.6 is 0 Å². The maximum absolute atomic E-state index is 12.9. The molecule has 0 unspecified atom stereocenters. The SMILES string of the molecule is CC(C)CCC(=O)N1CCC(Nc2ccc(F)cc2)CC1. The van der Waals surface area contributed by atoms with E-state index in [1.807, 2.05) is 4.90 Å². The van der Waals surface area contributed by atoms with E-state index >= 15 is 0 Å². The van der Waals surface area contributed by atoms with Crippen molar-refractivity contribution in [3.05, 3.63) is 30.1 Å². The van der Waals surface area contributed by atoms with Gasteiger partial charge in [0.25, 0.3) is 0 Å². The second-order valence-corrected chi connectivity index (χ2v) is 6.24. The van der Waals surface area contributed by atoms with Gasteiger partial charge < -0.3 is 10.2 Å². The Labute approximate surface area is 126 Å². The summed E-state index contributed by atoms with van der Waals surface area (Å²) < 4.78 is 12.9. The van der Waals surface area contributed by atoms with Crippen molar-refractivity contribution in [1.82, 2.24) is 4.90 Å². The Kier molecular flexibility index (Phi) is 5.59. The lowest BCUT2D eigenvalue weighted by Crippen LogP contribution is -2.42. The van der Waals surface area contributed by atoms with Gasteiger partial charge in [-0.05, 0) is 49.4 Å². The van der Waals surface area contributed by atoms with E-state index in [0.29, 0.717) is 18.4 Å². The van der Waals surface area contributed by atoms with Crippen LogP contribution in [0.25, 0.3) is 0 Å². The summed E-state index contributed by atoms with van der Waals surface area (Å²) in [6, 6.07) is 6.81. The fourth-order valence-corrected chi connectivity index (χ4v) is 2.63. The van der Waals surface area contributed by atoms with Crippen LogP contribution in [-0.2, 0) is 4.79 Å². The molecule has 1 aromatic rings. The highest BCUT2D eigenvalue weighted by Gasteiger charge is 2.22. The fourth-order valence-electron chi connectivity index (χ4n) is 2.63. The van der Waals surface area contributed by atoms with E-state index in [1.165, 1.54) is 12.1 Å². The summed E-state index contributed by atoms with van der Waals surface area (Å²) in [5, 5.41) is 3.41. The summed E-state index contributed by atoms with van der Waals surface area (Å²) in [7, 11) is 0. The lowest BCUT2D eigenvalue weighted by atomic mass is 10.0. The van der Waals surface area contributed by atoms with Crippen LogP contribution < -0.4 is 5.32 Å². The second kappa shape index (κ2) is 7.43. The molecule has 1 aliphatic heterocycles. The molecule has 1 N–H and O–H groups in total. The summed E-state index contributed by atoms with van der Waals surface area (Å²) in [5.74, 6) is 0.640. The Balaban J connectivity index is 1.75. The average molecular weight is 292 g/mol. The minimum absolute atomic E-state index is 0.217. The Morgan fingerprint density at radius 2 is 1.90 bits per heavy atom. The van der Waals surface area contributed by atoms with Crippen molar-refractivity contribution in [1.29, 1.82) is 0 Å². The third kappa shape index (κ3) is 5.03. The predicted octanol–water partition coefficient (Wildman–Crippen LogP) is 3.66. The number of hydrogen-bond acceptors (Lipinski definition) is 2. The molecule has 1 aliphatic rings. The lowest BCUT2D eigenvalue weighted by Gasteiger charge is -2.33. The number of piperidine rings is 1. The van der Waals surface area contributed by atoms with Crippen molar-refractivity contribution in [2.24, 2.45) is 5.92 Å². The third-order valence-corrected chi connectivity index (χ3v) is 4.00. The molecule has 1 heterocycles. The molecule has 0 saturated carbocycles. The number of amides is 1. The first-order valence-electron chi connectivity index (χ1n) is 7.84. The normalized spacial score (nSPS) is 16.3. The zero-order chi connectivity index (χ0) is 15.2. The van der Waals surface area contributed by atoms with Crippen LogP contribution in [0.3, 0.4) is 0 Å². The van der Waals surface area contributed by atoms with E-state index in [-0.39, 0.29) is 11.7 Å². The minimum Gasteiger partial charge on any atom is -0.382 e. The molecule has 0 atom stereocenters. The monoisotopic (exact) mass is 292 g/mol. The van der Waals surface area contributed by atoms with Crippen LogP contribution in [-0.4, -0.2) is 29.9 Å². The molecule has 4 heteroatoms. The number of rotatable bonds is 5. The summed E-state index contributed by atoms with van der Waals surface area (Å²) in [6.45, 7) is 5.92. The molecule has 3 nitrogen and oxygen atoms in total. The smallest absolute Gasteiger partial charge is 0.222 e. The van der Waals surface area contributed by atoms with Gasteiger partial charge in [0, 0.05) is 31.2 Å². The summed E-state index contributed by atoms with van der Waals surface area (Å²) in [5.41, 5.74) is 0.945. The molecule has 0 aliphatic carbocycles. The van der Waals surface area contributed by atoms with Gasteiger partial charge in [0.1, 0.15) is 5.82 Å². The summed E-state index contributed by atoms with van der Waals surface area (Å²) in [4.78, 5) is 14.0. The standard InChI is InChI=1S/C17H25FN2O/c1-13(2)3-8-17(21)20-11-9-16(10-12-20)19-15-6-4-14(18)5-7-15/h4-7,13,16,19H,3,8-12H2,1-2H3. The van der Waals surface area contributed by atoms with Crippen LogP contribution in [0, 0.1) is 11.7 Å². The minimum atomic E-state index is -0.217. The first-order chi connectivity index (χ1) is 10.0. The predicted molar refractivity (Wildman–Crippen MR) is 83.7 cm³/mol. The van der Waals surface area contributed by atoms with E-state index < -0.39 is 0 Å². The van der Waals surface area contributed by atoms with Gasteiger partial charge in [-0.2, -0.15) is 0 Å². The van der Waals surface area contributed by atoms with Gasteiger partial charge in [0.15, 0.2) is 0 Å². The van der Waals surface area contributed by atoms with Gasteiger partial charge in [-0.25, -0.2) is 4.39 Å². The number of benzene rings is 1. The number of carbonyl (C=O) groups excluding carboxylic acids is 1. The summed E-state index contributed by atoms with van der Waals surface area (Å²) in [6.07, 6.45) is 3.52. The molecule has 21 heavy (non-hydrogen) atoms. The quantitative estimate of drug-likeness (QED) is 0.898. The van der Waals surface area contributed by atoms with E-state index in [0.717, 1.165) is 38.0 Å². The second-order valence-electron chi connectivity index (χ2n) is 6.24. The molecular weight excluding hydrogens is 267 g/mol. The molecule has 116 valence electrons. The molecule has 0 aromatic heterocycles. The van der Waals surface area contributed by atoms with Crippen molar-refractivity contribution < 1.29 is 9.18 Å². The van der Waals surface area contributed by atoms with Crippen molar-refractivity contribution >= 4 is 11.6 Å². The molecule has 0 radical (unpaired) electrons. The van der Waals surface area contributed by atoms with Gasteiger partial charge >= 0.3 is 0 Å². The van der Waals surface area contributed by atoms with Crippen molar-refractivity contribution in [2.45, 2.75) is 45.6 Å². The number of halogens is 1. The number of nitrogens with zero attached hydrogens (tertiary/aromatic N) is 1. The highest BCUT2D eigenvalue weighted by Crippen LogP contribution is 2.18. The zero-order valence-electron chi connectivity index (χ0n) is 12.9. The number of hydrogen-bond donors (Lipinski definition) is 1. The Morgan fingerprint density at radius 3 is 2.48 bits per heavy atom. The third-order valence-electron chi connectivity index (χ3n) is 4.00. The maximum atomic E-state index is 12.9. The van der Waals surface area contributed by atoms with E-state index in [4.69, 9.17) is 0 Å². The van der Waals surface area contributed by atoms with E-state index in [9.17, 15) is 9.18 Å². The number of nitrogens with one attached hydrogen (secondary N) is 1. The highest BCUT2D eigenvalue weighted by atomic mass is 19.1. The first kappa shape index (κ1) is 15.8. The van der Waals surface area contributed by atoms with Crippen LogP contribution in [0.1, 0.15) is 39.5 Å². The average Bonchev–Trinajstić information content (AvgIpc) is 2.48. The van der Waals surface area contributed by atoms with Crippen LogP contribution in [0.2, 0.25) is 0 Å². The van der Waals surface area contributed by atoms with Crippen LogP contribution in [0.4, 0.5) is 10.1 Å². The van der Waals surface area contributed by atoms with Crippen LogP contribution in [0.15, 0.2) is 24.3 Å². The molecule has 0 bridgehead atoms. The molecule has 1 amide bonds. The van der Waals surface area contributed by atoms with E-state index in [2.05, 4.69) is 19.2 Å². The highest BCUT2D eigenvalue weighted by molar-refractivity contribution is 5.76. The van der Waals surface area contributed by atoms with Gasteiger partial charge in [0.2, 0.25) is 5.91 Å². The molecule has 2 rings (SSSR count). The topological polar surface area (TPSA) is 32.3 Å². The summed E-state index contributed by atoms with van der Waals surface area (Å²) >= 11 is 0. The van der Waals surface area contributed by atoms with Crippen molar-refractivity contribution in [3.63, 3.8) is 0 Å². The van der Waals surface area contributed by atoms with Crippen molar-refractivity contribution in [2.75, 3.05) is 18.4 Å². The van der Waals surface area contributed by atoms with Crippen molar-refractivity contribution in [3.8, 4) is 0 Å². The first-order valence-corrected chi connectivity index (χ1v) is 7.84. The Bertz CT molecular complexity index is 450. The van der Waals surface area contributed by atoms with E-state index in [1.54, 1.807) is 12.1 Å². The molecular formula is C17H25FN2O.